The lowest BCUT2D eigenvalue weighted by atomic mass is 9.83. The van der Waals surface area contributed by atoms with Crippen molar-refractivity contribution in [3.05, 3.63) is 34.9 Å². The van der Waals surface area contributed by atoms with Crippen molar-refractivity contribution < 1.29 is 19.8 Å². The Balaban J connectivity index is 3.11. The van der Waals surface area contributed by atoms with Crippen LogP contribution in [0.25, 0.3) is 0 Å². The average Bonchev–Trinajstić information content (AvgIpc) is 2.41. The summed E-state index contributed by atoms with van der Waals surface area (Å²) in [5.41, 5.74) is 1.67. The highest BCUT2D eigenvalue weighted by molar-refractivity contribution is 7.80. The van der Waals surface area contributed by atoms with Crippen LogP contribution in [0, 0.1) is 5.92 Å². The Bertz CT molecular complexity index is 573. The average molecular weight is 338 g/mol. The molecule has 2 atom stereocenters. The second-order valence-corrected chi connectivity index (χ2v) is 8.02. The van der Waals surface area contributed by atoms with Gasteiger partial charge in [-0.25, -0.2) is 4.79 Å². The Morgan fingerprint density at radius 1 is 1.13 bits per heavy atom. The Kier molecular flexibility index (Phi) is 6.69. The van der Waals surface area contributed by atoms with Crippen LogP contribution < -0.4 is 0 Å². The zero-order valence-electron chi connectivity index (χ0n) is 14.2. The van der Waals surface area contributed by atoms with Gasteiger partial charge in [0.1, 0.15) is 0 Å². The second-order valence-electron chi connectivity index (χ2n) is 7.14. The maximum absolute atomic E-state index is 11.5. The number of carboxylic acids is 2. The molecule has 0 bridgehead atoms. The molecule has 4 nitrogen and oxygen atoms in total. The first-order chi connectivity index (χ1) is 10.5. The van der Waals surface area contributed by atoms with E-state index in [1.54, 1.807) is 12.1 Å². The zero-order chi connectivity index (χ0) is 17.8. The summed E-state index contributed by atoms with van der Waals surface area (Å²) in [4.78, 5) is 22.8. The molecule has 5 heteroatoms. The normalized spacial score (nSPS) is 14.3. The smallest absolute Gasteiger partial charge is 0.335 e. The quantitative estimate of drug-likeness (QED) is 0.656. The van der Waals surface area contributed by atoms with Crippen molar-refractivity contribution in [3.63, 3.8) is 0 Å². The van der Waals surface area contributed by atoms with Gasteiger partial charge in [-0.3, -0.25) is 4.79 Å². The molecule has 0 heterocycles. The maximum atomic E-state index is 11.5. The van der Waals surface area contributed by atoms with Gasteiger partial charge in [0.25, 0.3) is 0 Å². The van der Waals surface area contributed by atoms with Crippen LogP contribution in [-0.4, -0.2) is 27.4 Å². The lowest BCUT2D eigenvalue weighted by Crippen LogP contribution is -2.19. The minimum Gasteiger partial charge on any atom is -0.481 e. The molecule has 1 aromatic carbocycles. The SMILES string of the molecule is CC(S)CCC(Cc1cc(C(=O)O)cc(C(C)(C)C)c1)C(=O)O. The summed E-state index contributed by atoms with van der Waals surface area (Å²) < 4.78 is 0. The number of rotatable bonds is 7. The van der Waals surface area contributed by atoms with Crippen molar-refractivity contribution in [3.8, 4) is 0 Å². The van der Waals surface area contributed by atoms with Gasteiger partial charge < -0.3 is 10.2 Å². The summed E-state index contributed by atoms with van der Waals surface area (Å²) >= 11 is 4.29. The first kappa shape index (κ1) is 19.6. The predicted octanol–water partition coefficient (Wildman–Crippen LogP) is 4.02. The minimum atomic E-state index is -0.992. The summed E-state index contributed by atoms with van der Waals surface area (Å²) in [7, 11) is 0. The van der Waals surface area contributed by atoms with E-state index in [0.29, 0.717) is 19.3 Å². The summed E-state index contributed by atoms with van der Waals surface area (Å²) in [6, 6.07) is 5.17. The summed E-state index contributed by atoms with van der Waals surface area (Å²) in [5.74, 6) is -2.37. The van der Waals surface area contributed by atoms with Crippen molar-refractivity contribution >= 4 is 24.6 Å². The first-order valence-corrected chi connectivity index (χ1v) is 8.31. The number of aliphatic carboxylic acids is 1. The molecule has 0 radical (unpaired) electrons. The van der Waals surface area contributed by atoms with Crippen LogP contribution in [0.3, 0.4) is 0 Å². The van der Waals surface area contributed by atoms with E-state index in [1.807, 2.05) is 33.8 Å². The molecule has 1 aromatic rings. The van der Waals surface area contributed by atoms with Crippen LogP contribution in [0.15, 0.2) is 18.2 Å². The molecule has 0 fully saturated rings. The molecular weight excluding hydrogens is 312 g/mol. The Hall–Kier alpha value is -1.49. The predicted molar refractivity (Wildman–Crippen MR) is 94.6 cm³/mol. The third-order valence-electron chi connectivity index (χ3n) is 3.87. The molecule has 0 aliphatic carbocycles. The molecule has 128 valence electrons. The largest absolute Gasteiger partial charge is 0.481 e. The Morgan fingerprint density at radius 2 is 1.74 bits per heavy atom. The van der Waals surface area contributed by atoms with Crippen LogP contribution >= 0.6 is 12.6 Å². The third-order valence-corrected chi connectivity index (χ3v) is 4.13. The third kappa shape index (κ3) is 6.26. The van der Waals surface area contributed by atoms with Gasteiger partial charge in [-0.05, 0) is 53.2 Å². The molecule has 0 amide bonds. The molecule has 0 saturated carbocycles. The number of carboxylic acid groups (broad SMARTS) is 2. The van der Waals surface area contributed by atoms with Crippen LogP contribution in [0.5, 0.6) is 0 Å². The molecule has 23 heavy (non-hydrogen) atoms. The maximum Gasteiger partial charge on any atom is 0.335 e. The Morgan fingerprint density at radius 3 is 2.17 bits per heavy atom. The van der Waals surface area contributed by atoms with E-state index in [4.69, 9.17) is 0 Å². The van der Waals surface area contributed by atoms with Gasteiger partial charge in [0.15, 0.2) is 0 Å². The van der Waals surface area contributed by atoms with Gasteiger partial charge in [0.2, 0.25) is 0 Å². The fourth-order valence-electron chi connectivity index (χ4n) is 2.41. The molecule has 0 aromatic heterocycles. The van der Waals surface area contributed by atoms with Crippen molar-refractivity contribution in [2.75, 3.05) is 0 Å². The molecule has 0 saturated heterocycles. The molecule has 0 aliphatic rings. The number of benzene rings is 1. The fourth-order valence-corrected chi connectivity index (χ4v) is 2.56. The van der Waals surface area contributed by atoms with E-state index in [-0.39, 0.29) is 16.2 Å². The van der Waals surface area contributed by atoms with E-state index in [9.17, 15) is 19.8 Å². The molecular formula is C18H26O4S. The number of aromatic carboxylic acids is 1. The molecule has 2 N–H and O–H groups in total. The zero-order valence-corrected chi connectivity index (χ0v) is 15.1. The molecule has 0 spiro atoms. The number of hydrogen-bond donors (Lipinski definition) is 3. The van der Waals surface area contributed by atoms with E-state index < -0.39 is 17.9 Å². The molecule has 0 aliphatic heterocycles. The van der Waals surface area contributed by atoms with E-state index >= 15 is 0 Å². The number of hydrogen-bond acceptors (Lipinski definition) is 3. The van der Waals surface area contributed by atoms with Crippen LogP contribution in [0.4, 0.5) is 0 Å². The van der Waals surface area contributed by atoms with E-state index in [1.165, 1.54) is 0 Å². The topological polar surface area (TPSA) is 74.6 Å². The minimum absolute atomic E-state index is 0.146. The standard InChI is InChI=1S/C18H26O4S/c1-11(23)5-6-13(16(19)20)7-12-8-14(17(21)22)10-15(9-12)18(2,3)4/h8-11,13,23H,5-7H2,1-4H3,(H,19,20)(H,21,22). The summed E-state index contributed by atoms with van der Waals surface area (Å²) in [6.07, 6.45) is 1.58. The van der Waals surface area contributed by atoms with Gasteiger partial charge >= 0.3 is 11.9 Å². The van der Waals surface area contributed by atoms with Crippen molar-refractivity contribution in [2.45, 2.75) is 57.6 Å². The van der Waals surface area contributed by atoms with Gasteiger partial charge in [-0.1, -0.05) is 33.8 Å². The van der Waals surface area contributed by atoms with Crippen molar-refractivity contribution in [1.82, 2.24) is 0 Å². The van der Waals surface area contributed by atoms with Crippen LogP contribution in [0.2, 0.25) is 0 Å². The van der Waals surface area contributed by atoms with Gasteiger partial charge in [-0.2, -0.15) is 12.6 Å². The monoisotopic (exact) mass is 338 g/mol. The Labute approximate surface area is 143 Å². The highest BCUT2D eigenvalue weighted by atomic mass is 32.1. The van der Waals surface area contributed by atoms with E-state index in [0.717, 1.165) is 11.1 Å². The highest BCUT2D eigenvalue weighted by Crippen LogP contribution is 2.27. The fraction of sp³-hybridized carbons (Fsp3) is 0.556. The molecule has 1 rings (SSSR count). The molecule has 2 unspecified atom stereocenters. The van der Waals surface area contributed by atoms with Gasteiger partial charge in [-0.15, -0.1) is 0 Å². The summed E-state index contributed by atoms with van der Waals surface area (Å²) in [6.45, 7) is 7.96. The van der Waals surface area contributed by atoms with Crippen LogP contribution in [0.1, 0.15) is 62.0 Å². The van der Waals surface area contributed by atoms with Gasteiger partial charge in [0.05, 0.1) is 11.5 Å². The lowest BCUT2D eigenvalue weighted by molar-refractivity contribution is -0.141. The van der Waals surface area contributed by atoms with Crippen molar-refractivity contribution in [1.29, 1.82) is 0 Å². The highest BCUT2D eigenvalue weighted by Gasteiger charge is 2.22. The van der Waals surface area contributed by atoms with Crippen LogP contribution in [-0.2, 0) is 16.6 Å². The van der Waals surface area contributed by atoms with Crippen molar-refractivity contribution in [2.24, 2.45) is 5.92 Å². The summed E-state index contributed by atoms with van der Waals surface area (Å²) in [5, 5.41) is 18.9. The number of thiol groups is 1. The number of carbonyl (C=O) groups is 2. The lowest BCUT2D eigenvalue weighted by Gasteiger charge is -2.22. The first-order valence-electron chi connectivity index (χ1n) is 7.79. The second kappa shape index (κ2) is 7.86. The van der Waals surface area contributed by atoms with E-state index in [2.05, 4.69) is 12.6 Å². The van der Waals surface area contributed by atoms with Gasteiger partial charge in [0, 0.05) is 0 Å².